The number of anilines is 1. The van der Waals surface area contributed by atoms with Gasteiger partial charge < -0.3 is 20.3 Å². The van der Waals surface area contributed by atoms with E-state index in [1.165, 1.54) is 4.90 Å². The highest BCUT2D eigenvalue weighted by Gasteiger charge is 2.46. The van der Waals surface area contributed by atoms with Crippen LogP contribution in [0.2, 0.25) is 0 Å². The quantitative estimate of drug-likeness (QED) is 0.744. The number of piperazine rings is 1. The van der Waals surface area contributed by atoms with E-state index in [2.05, 4.69) is 26.6 Å². The van der Waals surface area contributed by atoms with Crippen molar-refractivity contribution < 1.29 is 19.1 Å². The predicted octanol–water partition coefficient (Wildman–Crippen LogP) is 0.886. The minimum absolute atomic E-state index is 0.0986. The van der Waals surface area contributed by atoms with Crippen LogP contribution in [0.15, 0.2) is 22.7 Å². The molecule has 2 fully saturated rings. The first kappa shape index (κ1) is 15.8. The Morgan fingerprint density at radius 2 is 2.17 bits per heavy atom. The van der Waals surface area contributed by atoms with E-state index in [0.29, 0.717) is 28.9 Å². The maximum absolute atomic E-state index is 12.4. The first-order chi connectivity index (χ1) is 11.0. The number of amides is 3. The third kappa shape index (κ3) is 2.90. The summed E-state index contributed by atoms with van der Waals surface area (Å²) in [7, 11) is 1.54. The average Bonchev–Trinajstić information content (AvgIpc) is 2.87. The molecule has 2 unspecified atom stereocenters. The van der Waals surface area contributed by atoms with Crippen LogP contribution in [0.4, 0.5) is 5.69 Å². The molecule has 3 amide bonds. The van der Waals surface area contributed by atoms with Gasteiger partial charge >= 0.3 is 11.8 Å². The molecule has 2 aliphatic rings. The summed E-state index contributed by atoms with van der Waals surface area (Å²) in [6.07, 6.45) is 1.33. The Morgan fingerprint density at radius 1 is 1.39 bits per heavy atom. The summed E-state index contributed by atoms with van der Waals surface area (Å²) < 4.78 is 5.79. The van der Waals surface area contributed by atoms with E-state index in [1.54, 1.807) is 25.3 Å². The molecule has 2 heterocycles. The van der Waals surface area contributed by atoms with Gasteiger partial charge in [0.2, 0.25) is 5.91 Å². The summed E-state index contributed by atoms with van der Waals surface area (Å²) in [6, 6.07) is 4.35. The van der Waals surface area contributed by atoms with Crippen molar-refractivity contribution in [2.24, 2.45) is 0 Å². The molecule has 122 valence electrons. The first-order valence-corrected chi connectivity index (χ1v) is 8.05. The zero-order valence-electron chi connectivity index (χ0n) is 12.5. The molecule has 0 spiro atoms. The predicted molar refractivity (Wildman–Crippen MR) is 86.0 cm³/mol. The van der Waals surface area contributed by atoms with Crippen LogP contribution in [0.1, 0.15) is 12.8 Å². The van der Waals surface area contributed by atoms with Gasteiger partial charge in [0.1, 0.15) is 11.8 Å². The van der Waals surface area contributed by atoms with Crippen molar-refractivity contribution in [1.82, 2.24) is 10.2 Å². The van der Waals surface area contributed by atoms with E-state index in [0.717, 1.165) is 6.42 Å². The minimum Gasteiger partial charge on any atom is -0.496 e. The topological polar surface area (TPSA) is 87.7 Å². The van der Waals surface area contributed by atoms with Crippen molar-refractivity contribution >= 4 is 39.3 Å². The second-order valence-electron chi connectivity index (χ2n) is 5.51. The van der Waals surface area contributed by atoms with Gasteiger partial charge in [0.25, 0.3) is 0 Å². The van der Waals surface area contributed by atoms with Gasteiger partial charge in [0.05, 0.1) is 17.6 Å². The monoisotopic (exact) mass is 381 g/mol. The molecule has 0 radical (unpaired) electrons. The third-order valence-corrected chi connectivity index (χ3v) is 4.78. The number of fused-ring (bicyclic) bond motifs is 2. The zero-order chi connectivity index (χ0) is 16.6. The Morgan fingerprint density at radius 3 is 2.87 bits per heavy atom. The number of hydrogen-bond donors (Lipinski definition) is 2. The number of halogens is 1. The number of carbonyl (C=O) groups excluding carboxylic acids is 3. The molecule has 8 heteroatoms. The van der Waals surface area contributed by atoms with Crippen molar-refractivity contribution in [2.75, 3.05) is 19.0 Å². The molecule has 2 atom stereocenters. The van der Waals surface area contributed by atoms with Crippen molar-refractivity contribution in [2.45, 2.75) is 24.9 Å². The van der Waals surface area contributed by atoms with E-state index < -0.39 is 17.9 Å². The van der Waals surface area contributed by atoms with E-state index >= 15 is 0 Å². The number of benzene rings is 1. The second kappa shape index (κ2) is 6.19. The van der Waals surface area contributed by atoms with Crippen molar-refractivity contribution in [3.05, 3.63) is 22.7 Å². The fourth-order valence-electron chi connectivity index (χ4n) is 3.03. The van der Waals surface area contributed by atoms with Crippen LogP contribution in [0, 0.1) is 0 Å². The van der Waals surface area contributed by atoms with Crippen LogP contribution in [0.25, 0.3) is 0 Å². The third-order valence-electron chi connectivity index (χ3n) is 4.16. The van der Waals surface area contributed by atoms with Gasteiger partial charge in [-0.1, -0.05) is 0 Å². The summed E-state index contributed by atoms with van der Waals surface area (Å²) in [5.41, 5.74) is 0.477. The number of methoxy groups -OCH3 is 1. The Labute approximate surface area is 141 Å². The second-order valence-corrected chi connectivity index (χ2v) is 6.36. The van der Waals surface area contributed by atoms with Gasteiger partial charge in [-0.25, -0.2) is 0 Å². The lowest BCUT2D eigenvalue weighted by molar-refractivity contribution is -0.149. The molecule has 0 saturated carbocycles. The van der Waals surface area contributed by atoms with E-state index in [9.17, 15) is 14.4 Å². The molecule has 23 heavy (non-hydrogen) atoms. The molecule has 0 aromatic heterocycles. The van der Waals surface area contributed by atoms with Gasteiger partial charge in [-0.15, -0.1) is 0 Å². The molecular weight excluding hydrogens is 366 g/mol. The summed E-state index contributed by atoms with van der Waals surface area (Å²) in [5.74, 6) is -0.972. The number of nitrogens with one attached hydrogen (secondary N) is 2. The van der Waals surface area contributed by atoms with Crippen molar-refractivity contribution in [3.63, 3.8) is 0 Å². The fourth-order valence-corrected chi connectivity index (χ4v) is 3.57. The standard InChI is InChI=1S/C15H16BrN3O4/c1-23-12-5-2-8(6-10(12)16)18-14(21)15(22)19-9-3-4-11(19)13(20)17-7-9/h2,5-6,9,11H,3-4,7H2,1H3,(H,17,20)(H,18,21). The van der Waals surface area contributed by atoms with Crippen LogP contribution in [-0.4, -0.2) is 48.4 Å². The molecule has 2 bridgehead atoms. The Hall–Kier alpha value is -2.09. The molecular formula is C15H16BrN3O4. The molecule has 2 aliphatic heterocycles. The fraction of sp³-hybridized carbons (Fsp3) is 0.400. The molecule has 2 N–H and O–H groups in total. The first-order valence-electron chi connectivity index (χ1n) is 7.26. The largest absolute Gasteiger partial charge is 0.496 e. The van der Waals surface area contributed by atoms with Gasteiger partial charge in [-0.2, -0.15) is 0 Å². The lowest BCUT2D eigenvalue weighted by atomic mass is 10.2. The summed E-state index contributed by atoms with van der Waals surface area (Å²) in [4.78, 5) is 37.9. The molecule has 0 aliphatic carbocycles. The van der Waals surface area contributed by atoms with Gasteiger partial charge in [0.15, 0.2) is 0 Å². The van der Waals surface area contributed by atoms with Gasteiger partial charge in [-0.3, -0.25) is 14.4 Å². The number of nitrogens with zero attached hydrogens (tertiary/aromatic N) is 1. The normalized spacial score (nSPS) is 22.5. The van der Waals surface area contributed by atoms with Crippen molar-refractivity contribution in [1.29, 1.82) is 0 Å². The molecule has 3 rings (SSSR count). The lowest BCUT2D eigenvalue weighted by Crippen LogP contribution is -2.59. The van der Waals surface area contributed by atoms with Crippen LogP contribution < -0.4 is 15.4 Å². The summed E-state index contributed by atoms with van der Waals surface area (Å²) in [6.45, 7) is 0.405. The van der Waals surface area contributed by atoms with E-state index in [-0.39, 0.29) is 11.9 Å². The molecule has 7 nitrogen and oxygen atoms in total. The average molecular weight is 382 g/mol. The smallest absolute Gasteiger partial charge is 0.313 e. The van der Waals surface area contributed by atoms with E-state index in [1.807, 2.05) is 0 Å². The highest BCUT2D eigenvalue weighted by Crippen LogP contribution is 2.29. The molecule has 2 saturated heterocycles. The van der Waals surface area contributed by atoms with E-state index in [4.69, 9.17) is 4.74 Å². The Bertz CT molecular complexity index is 679. The van der Waals surface area contributed by atoms with Crippen LogP contribution in [0.5, 0.6) is 5.75 Å². The van der Waals surface area contributed by atoms with Crippen LogP contribution >= 0.6 is 15.9 Å². The maximum atomic E-state index is 12.4. The Kier molecular flexibility index (Phi) is 4.25. The lowest BCUT2D eigenvalue weighted by Gasteiger charge is -2.33. The van der Waals surface area contributed by atoms with Gasteiger partial charge in [-0.05, 0) is 47.0 Å². The molecule has 1 aromatic rings. The Balaban J connectivity index is 1.72. The number of ether oxygens (including phenoxy) is 1. The van der Waals surface area contributed by atoms with Crippen molar-refractivity contribution in [3.8, 4) is 5.75 Å². The van der Waals surface area contributed by atoms with Crippen LogP contribution in [0.3, 0.4) is 0 Å². The minimum atomic E-state index is -0.742. The SMILES string of the molecule is COc1ccc(NC(=O)C(=O)N2C3CCC2C(=O)NC3)cc1Br. The van der Waals surface area contributed by atoms with Gasteiger partial charge in [0, 0.05) is 12.2 Å². The molecule has 1 aromatic carbocycles. The zero-order valence-corrected chi connectivity index (χ0v) is 14.1. The van der Waals surface area contributed by atoms with Crippen LogP contribution in [-0.2, 0) is 14.4 Å². The number of rotatable bonds is 2. The highest BCUT2D eigenvalue weighted by atomic mass is 79.9. The maximum Gasteiger partial charge on any atom is 0.313 e. The highest BCUT2D eigenvalue weighted by molar-refractivity contribution is 9.10. The number of carbonyl (C=O) groups is 3. The summed E-state index contributed by atoms with van der Waals surface area (Å²) >= 11 is 3.32. The summed E-state index contributed by atoms with van der Waals surface area (Å²) in [5, 5.41) is 5.32. The number of hydrogen-bond acceptors (Lipinski definition) is 4.